The van der Waals surface area contributed by atoms with E-state index in [0.717, 1.165) is 25.1 Å². The zero-order valence-corrected chi connectivity index (χ0v) is 10.5. The first-order chi connectivity index (χ1) is 7.31. The summed E-state index contributed by atoms with van der Waals surface area (Å²) in [6.45, 7) is 4.87. The number of alkyl halides is 1. The molecule has 2 nitrogen and oxygen atoms in total. The number of ether oxygens (including phenoxy) is 1. The zero-order chi connectivity index (χ0) is 10.7. The molecule has 0 bridgehead atoms. The topological polar surface area (TPSA) is 12.5 Å². The molecule has 0 saturated carbocycles. The molecule has 82 valence electrons. The summed E-state index contributed by atoms with van der Waals surface area (Å²) in [4.78, 5) is 2.40. The maximum atomic E-state index is 5.43. The van der Waals surface area contributed by atoms with Crippen LogP contribution in [0.2, 0.25) is 0 Å². The van der Waals surface area contributed by atoms with Gasteiger partial charge in [0.2, 0.25) is 0 Å². The molecule has 1 aromatic carbocycles. The van der Waals surface area contributed by atoms with Crippen LogP contribution in [0.4, 0.5) is 5.69 Å². The maximum absolute atomic E-state index is 5.43. The standard InChI is InChI=1S/C12H16BrNO/c1-10-9-15-7-6-14(10)12-4-2-11(8-13)3-5-12/h2-5,10H,6-9H2,1H3. The molecular formula is C12H16BrNO. The number of nitrogens with zero attached hydrogens (tertiary/aromatic N) is 1. The number of benzene rings is 1. The number of morpholine rings is 1. The first kappa shape index (κ1) is 11.0. The molecule has 1 atom stereocenters. The number of hydrogen-bond acceptors (Lipinski definition) is 2. The van der Waals surface area contributed by atoms with E-state index in [1.54, 1.807) is 0 Å². The second kappa shape index (κ2) is 4.99. The summed E-state index contributed by atoms with van der Waals surface area (Å²) in [6, 6.07) is 9.21. The van der Waals surface area contributed by atoms with Gasteiger partial charge in [0.15, 0.2) is 0 Å². The van der Waals surface area contributed by atoms with E-state index in [4.69, 9.17) is 4.74 Å². The molecule has 0 spiro atoms. The predicted octanol–water partition coefficient (Wildman–Crippen LogP) is 2.81. The van der Waals surface area contributed by atoms with Gasteiger partial charge in [0.1, 0.15) is 0 Å². The zero-order valence-electron chi connectivity index (χ0n) is 8.95. The van der Waals surface area contributed by atoms with Gasteiger partial charge in [0, 0.05) is 23.6 Å². The molecule has 3 heteroatoms. The molecule has 1 saturated heterocycles. The monoisotopic (exact) mass is 269 g/mol. The summed E-state index contributed by atoms with van der Waals surface area (Å²) in [5.74, 6) is 0. The Hall–Kier alpha value is -0.540. The number of hydrogen-bond donors (Lipinski definition) is 0. The molecule has 15 heavy (non-hydrogen) atoms. The van der Waals surface area contributed by atoms with Gasteiger partial charge >= 0.3 is 0 Å². The molecule has 1 aliphatic heterocycles. The molecule has 0 aromatic heterocycles. The predicted molar refractivity (Wildman–Crippen MR) is 66.7 cm³/mol. The Morgan fingerprint density at radius 1 is 1.40 bits per heavy atom. The first-order valence-electron chi connectivity index (χ1n) is 5.30. The molecule has 1 aromatic rings. The largest absolute Gasteiger partial charge is 0.377 e. The lowest BCUT2D eigenvalue weighted by Gasteiger charge is -2.35. The Labute approximate surface area is 99.4 Å². The SMILES string of the molecule is CC1COCCN1c1ccc(CBr)cc1. The van der Waals surface area contributed by atoms with Gasteiger partial charge in [-0.3, -0.25) is 0 Å². The minimum absolute atomic E-state index is 0.480. The molecule has 1 unspecified atom stereocenters. The van der Waals surface area contributed by atoms with Gasteiger partial charge in [0.05, 0.1) is 13.2 Å². The second-order valence-electron chi connectivity index (χ2n) is 3.92. The average Bonchev–Trinajstić information content (AvgIpc) is 2.30. The average molecular weight is 270 g/mol. The third kappa shape index (κ3) is 2.52. The fraction of sp³-hybridized carbons (Fsp3) is 0.500. The van der Waals surface area contributed by atoms with E-state index in [2.05, 4.69) is 52.0 Å². The highest BCUT2D eigenvalue weighted by atomic mass is 79.9. The van der Waals surface area contributed by atoms with Crippen LogP contribution >= 0.6 is 15.9 Å². The maximum Gasteiger partial charge on any atom is 0.0668 e. The van der Waals surface area contributed by atoms with E-state index in [9.17, 15) is 0 Å². The summed E-state index contributed by atoms with van der Waals surface area (Å²) < 4.78 is 5.43. The Bertz CT molecular complexity index is 312. The van der Waals surface area contributed by atoms with Crippen LogP contribution in [-0.4, -0.2) is 25.8 Å². The van der Waals surface area contributed by atoms with Crippen LogP contribution in [-0.2, 0) is 10.1 Å². The van der Waals surface area contributed by atoms with Crippen molar-refractivity contribution >= 4 is 21.6 Å². The summed E-state index contributed by atoms with van der Waals surface area (Å²) in [5, 5.41) is 0.923. The van der Waals surface area contributed by atoms with Gasteiger partial charge in [0.25, 0.3) is 0 Å². The van der Waals surface area contributed by atoms with Gasteiger partial charge in [-0.25, -0.2) is 0 Å². The van der Waals surface area contributed by atoms with E-state index in [-0.39, 0.29) is 0 Å². The van der Waals surface area contributed by atoms with Gasteiger partial charge in [-0.1, -0.05) is 28.1 Å². The third-order valence-corrected chi connectivity index (χ3v) is 3.44. The van der Waals surface area contributed by atoms with Crippen molar-refractivity contribution < 1.29 is 4.74 Å². The quantitative estimate of drug-likeness (QED) is 0.766. The summed E-state index contributed by atoms with van der Waals surface area (Å²) >= 11 is 3.46. The van der Waals surface area contributed by atoms with Crippen molar-refractivity contribution in [3.8, 4) is 0 Å². The molecular weight excluding hydrogens is 254 g/mol. The van der Waals surface area contributed by atoms with Crippen LogP contribution in [0.25, 0.3) is 0 Å². The summed E-state index contributed by atoms with van der Waals surface area (Å²) in [7, 11) is 0. The van der Waals surface area contributed by atoms with Gasteiger partial charge in [-0.15, -0.1) is 0 Å². The van der Waals surface area contributed by atoms with Gasteiger partial charge in [-0.05, 0) is 24.6 Å². The lowest BCUT2D eigenvalue weighted by molar-refractivity contribution is 0.0989. The molecule has 0 radical (unpaired) electrons. The third-order valence-electron chi connectivity index (χ3n) is 2.79. The van der Waals surface area contributed by atoms with Crippen molar-refractivity contribution in [3.63, 3.8) is 0 Å². The fourth-order valence-corrected chi connectivity index (χ4v) is 2.26. The number of rotatable bonds is 2. The van der Waals surface area contributed by atoms with Crippen molar-refractivity contribution in [1.29, 1.82) is 0 Å². The molecule has 1 aliphatic rings. The Kier molecular flexibility index (Phi) is 3.65. The van der Waals surface area contributed by atoms with Crippen LogP contribution in [0, 0.1) is 0 Å². The normalized spacial score (nSPS) is 21.7. The van der Waals surface area contributed by atoms with Crippen LogP contribution in [0.1, 0.15) is 12.5 Å². The minimum Gasteiger partial charge on any atom is -0.377 e. The van der Waals surface area contributed by atoms with Crippen LogP contribution < -0.4 is 4.90 Å². The minimum atomic E-state index is 0.480. The lowest BCUT2D eigenvalue weighted by atomic mass is 10.1. The van der Waals surface area contributed by atoms with Crippen LogP contribution in [0.5, 0.6) is 0 Å². The highest BCUT2D eigenvalue weighted by Crippen LogP contribution is 2.20. The summed E-state index contributed by atoms with van der Waals surface area (Å²) in [5.41, 5.74) is 2.62. The smallest absolute Gasteiger partial charge is 0.0668 e. The Balaban J connectivity index is 2.13. The summed E-state index contributed by atoms with van der Waals surface area (Å²) in [6.07, 6.45) is 0. The van der Waals surface area contributed by atoms with Gasteiger partial charge < -0.3 is 9.64 Å². The molecule has 1 heterocycles. The van der Waals surface area contributed by atoms with Crippen molar-refractivity contribution in [3.05, 3.63) is 29.8 Å². The van der Waals surface area contributed by atoms with Crippen molar-refractivity contribution in [2.75, 3.05) is 24.7 Å². The molecule has 0 aliphatic carbocycles. The Morgan fingerprint density at radius 3 is 2.73 bits per heavy atom. The first-order valence-corrected chi connectivity index (χ1v) is 6.42. The van der Waals surface area contributed by atoms with Gasteiger partial charge in [-0.2, -0.15) is 0 Å². The molecule has 2 rings (SSSR count). The lowest BCUT2D eigenvalue weighted by Crippen LogP contribution is -2.43. The highest BCUT2D eigenvalue weighted by Gasteiger charge is 2.18. The highest BCUT2D eigenvalue weighted by molar-refractivity contribution is 9.08. The fourth-order valence-electron chi connectivity index (χ4n) is 1.89. The van der Waals surface area contributed by atoms with E-state index >= 15 is 0 Å². The second-order valence-corrected chi connectivity index (χ2v) is 4.48. The van der Waals surface area contributed by atoms with E-state index < -0.39 is 0 Å². The molecule has 1 fully saturated rings. The van der Waals surface area contributed by atoms with Crippen molar-refractivity contribution in [2.45, 2.75) is 18.3 Å². The van der Waals surface area contributed by atoms with Crippen LogP contribution in [0.15, 0.2) is 24.3 Å². The number of anilines is 1. The van der Waals surface area contributed by atoms with E-state index in [0.29, 0.717) is 6.04 Å². The number of halogens is 1. The molecule has 0 N–H and O–H groups in total. The van der Waals surface area contributed by atoms with Crippen molar-refractivity contribution in [1.82, 2.24) is 0 Å². The molecule has 0 amide bonds. The van der Waals surface area contributed by atoms with E-state index in [1.165, 1.54) is 11.3 Å². The van der Waals surface area contributed by atoms with Crippen LogP contribution in [0.3, 0.4) is 0 Å². The Morgan fingerprint density at radius 2 is 2.13 bits per heavy atom. The van der Waals surface area contributed by atoms with Crippen molar-refractivity contribution in [2.24, 2.45) is 0 Å². The van der Waals surface area contributed by atoms with E-state index in [1.807, 2.05) is 0 Å².